The zero-order valence-electron chi connectivity index (χ0n) is 12.6. The summed E-state index contributed by atoms with van der Waals surface area (Å²) in [5.41, 5.74) is 5.37. The van der Waals surface area contributed by atoms with Crippen LogP contribution in [0.5, 0.6) is 0 Å². The first-order valence-electron chi connectivity index (χ1n) is 8.25. The second-order valence-corrected chi connectivity index (χ2v) is 8.52. The fraction of sp³-hybridized carbons (Fsp3) is 0.647. The molecule has 0 radical (unpaired) electrons. The van der Waals surface area contributed by atoms with Crippen LogP contribution in [0.3, 0.4) is 0 Å². The van der Waals surface area contributed by atoms with Crippen LogP contribution in [0.1, 0.15) is 54.6 Å². The summed E-state index contributed by atoms with van der Waals surface area (Å²) in [6.07, 6.45) is 8.37. The summed E-state index contributed by atoms with van der Waals surface area (Å²) in [7, 11) is 0. The first-order chi connectivity index (χ1) is 10.6. The van der Waals surface area contributed by atoms with E-state index in [2.05, 4.69) is 10.9 Å². The molecule has 4 bridgehead atoms. The molecule has 0 atom stereocenters. The van der Waals surface area contributed by atoms with Crippen molar-refractivity contribution >= 4 is 23.2 Å². The molecule has 0 aliphatic heterocycles. The van der Waals surface area contributed by atoms with E-state index in [1.165, 1.54) is 49.9 Å². The molecule has 5 heteroatoms. The van der Waals surface area contributed by atoms with E-state index >= 15 is 0 Å². The standard InChI is InChI=1S/C17H22N2O2S/c20-15(18-19-16(21)14-2-1-3-22-14)10-17-7-11-4-12(8-17)6-13(5-11)9-17/h1-3,11-13H,4-10H2,(H,18,20)(H,19,21). The smallest absolute Gasteiger partial charge is 0.273 e. The maximum Gasteiger partial charge on any atom is 0.279 e. The lowest BCUT2D eigenvalue weighted by Crippen LogP contribution is -2.50. The van der Waals surface area contributed by atoms with Crippen molar-refractivity contribution < 1.29 is 9.59 Å². The van der Waals surface area contributed by atoms with Crippen molar-refractivity contribution in [1.29, 1.82) is 0 Å². The molecule has 22 heavy (non-hydrogen) atoms. The van der Waals surface area contributed by atoms with Crippen molar-refractivity contribution in [3.63, 3.8) is 0 Å². The van der Waals surface area contributed by atoms with Crippen molar-refractivity contribution in [2.75, 3.05) is 0 Å². The first kappa shape index (κ1) is 14.2. The van der Waals surface area contributed by atoms with Gasteiger partial charge in [0, 0.05) is 6.42 Å². The normalized spacial score (nSPS) is 35.4. The zero-order valence-corrected chi connectivity index (χ0v) is 13.5. The molecule has 4 aliphatic carbocycles. The predicted molar refractivity (Wildman–Crippen MR) is 85.1 cm³/mol. The summed E-state index contributed by atoms with van der Waals surface area (Å²) >= 11 is 1.37. The van der Waals surface area contributed by atoms with Crippen LogP contribution in [0, 0.1) is 23.2 Å². The molecule has 5 rings (SSSR count). The minimum atomic E-state index is -0.228. The van der Waals surface area contributed by atoms with E-state index in [0.29, 0.717) is 11.3 Å². The lowest BCUT2D eigenvalue weighted by Gasteiger charge is -2.56. The molecule has 1 heterocycles. The monoisotopic (exact) mass is 318 g/mol. The zero-order chi connectivity index (χ0) is 15.2. The third-order valence-electron chi connectivity index (χ3n) is 5.76. The van der Waals surface area contributed by atoms with E-state index in [-0.39, 0.29) is 17.2 Å². The van der Waals surface area contributed by atoms with Gasteiger partial charge in [0.15, 0.2) is 0 Å². The molecule has 4 saturated carbocycles. The van der Waals surface area contributed by atoms with Crippen molar-refractivity contribution in [1.82, 2.24) is 10.9 Å². The number of hydrazine groups is 1. The number of nitrogens with one attached hydrogen (secondary N) is 2. The number of thiophene rings is 1. The van der Waals surface area contributed by atoms with Crippen molar-refractivity contribution in [3.8, 4) is 0 Å². The van der Waals surface area contributed by atoms with Gasteiger partial charge in [0.1, 0.15) is 0 Å². The molecule has 0 aromatic carbocycles. The SMILES string of the molecule is O=C(CC12CC3CC(CC(C3)C1)C2)NNC(=O)c1cccs1. The van der Waals surface area contributed by atoms with E-state index in [1.54, 1.807) is 6.07 Å². The van der Waals surface area contributed by atoms with E-state index in [1.807, 2.05) is 11.4 Å². The van der Waals surface area contributed by atoms with Gasteiger partial charge in [0.05, 0.1) is 4.88 Å². The number of hydrogen-bond donors (Lipinski definition) is 2. The number of rotatable bonds is 3. The van der Waals surface area contributed by atoms with Gasteiger partial charge < -0.3 is 0 Å². The first-order valence-corrected chi connectivity index (χ1v) is 9.13. The van der Waals surface area contributed by atoms with E-state index in [4.69, 9.17) is 0 Å². The van der Waals surface area contributed by atoms with E-state index in [0.717, 1.165) is 17.8 Å². The Hall–Kier alpha value is -1.36. The van der Waals surface area contributed by atoms with Gasteiger partial charge in [-0.25, -0.2) is 0 Å². The highest BCUT2D eigenvalue weighted by molar-refractivity contribution is 7.12. The Morgan fingerprint density at radius 1 is 1.09 bits per heavy atom. The van der Waals surface area contributed by atoms with Crippen LogP contribution in [0.4, 0.5) is 0 Å². The molecular weight excluding hydrogens is 296 g/mol. The minimum Gasteiger partial charge on any atom is -0.273 e. The molecular formula is C17H22N2O2S. The predicted octanol–water partition coefficient (Wildman–Crippen LogP) is 3.12. The molecule has 118 valence electrons. The van der Waals surface area contributed by atoms with Crippen molar-refractivity contribution in [2.24, 2.45) is 23.2 Å². The van der Waals surface area contributed by atoms with Crippen LogP contribution in [0.2, 0.25) is 0 Å². The maximum atomic E-state index is 12.3. The molecule has 0 saturated heterocycles. The lowest BCUT2D eigenvalue weighted by atomic mass is 9.49. The summed E-state index contributed by atoms with van der Waals surface area (Å²) in [5.74, 6) is 2.28. The van der Waals surface area contributed by atoms with Crippen LogP contribution in [-0.2, 0) is 4.79 Å². The number of amides is 2. The molecule has 0 spiro atoms. The molecule has 4 fully saturated rings. The molecule has 4 nitrogen and oxygen atoms in total. The second kappa shape index (κ2) is 5.37. The Balaban J connectivity index is 1.33. The van der Waals surface area contributed by atoms with Gasteiger partial charge in [-0.05, 0) is 73.1 Å². The van der Waals surface area contributed by atoms with Gasteiger partial charge >= 0.3 is 0 Å². The van der Waals surface area contributed by atoms with Crippen LogP contribution in [0.25, 0.3) is 0 Å². The maximum absolute atomic E-state index is 12.3. The fourth-order valence-electron chi connectivity index (χ4n) is 5.49. The molecule has 0 unspecified atom stereocenters. The Morgan fingerprint density at radius 2 is 1.73 bits per heavy atom. The van der Waals surface area contributed by atoms with Crippen molar-refractivity contribution in [3.05, 3.63) is 22.4 Å². The second-order valence-electron chi connectivity index (χ2n) is 7.57. The van der Waals surface area contributed by atoms with Crippen LogP contribution < -0.4 is 10.9 Å². The molecule has 1 aromatic rings. The highest BCUT2D eigenvalue weighted by Gasteiger charge is 2.51. The van der Waals surface area contributed by atoms with E-state index in [9.17, 15) is 9.59 Å². The average Bonchev–Trinajstić information content (AvgIpc) is 2.97. The van der Waals surface area contributed by atoms with Crippen LogP contribution in [0.15, 0.2) is 17.5 Å². The van der Waals surface area contributed by atoms with Gasteiger partial charge in [-0.15, -0.1) is 11.3 Å². The molecule has 2 N–H and O–H groups in total. The summed E-state index contributed by atoms with van der Waals surface area (Å²) < 4.78 is 0. The third kappa shape index (κ3) is 2.67. The van der Waals surface area contributed by atoms with Gasteiger partial charge in [-0.2, -0.15) is 0 Å². The van der Waals surface area contributed by atoms with Gasteiger partial charge in [-0.1, -0.05) is 6.07 Å². The number of carbonyl (C=O) groups is 2. The quantitative estimate of drug-likeness (QED) is 0.841. The highest BCUT2D eigenvalue weighted by Crippen LogP contribution is 2.61. The van der Waals surface area contributed by atoms with E-state index < -0.39 is 0 Å². The average molecular weight is 318 g/mol. The van der Waals surface area contributed by atoms with Crippen LogP contribution >= 0.6 is 11.3 Å². The van der Waals surface area contributed by atoms with Gasteiger partial charge in [0.2, 0.25) is 5.91 Å². The van der Waals surface area contributed by atoms with Gasteiger partial charge in [-0.3, -0.25) is 20.4 Å². The van der Waals surface area contributed by atoms with Gasteiger partial charge in [0.25, 0.3) is 5.91 Å². The Kier molecular flexibility index (Phi) is 3.48. The molecule has 4 aliphatic rings. The summed E-state index contributed by atoms with van der Waals surface area (Å²) in [4.78, 5) is 24.8. The highest BCUT2D eigenvalue weighted by atomic mass is 32.1. The lowest BCUT2D eigenvalue weighted by molar-refractivity contribution is -0.130. The topological polar surface area (TPSA) is 58.2 Å². The summed E-state index contributed by atoms with van der Waals surface area (Å²) in [5, 5.41) is 1.85. The summed E-state index contributed by atoms with van der Waals surface area (Å²) in [6, 6.07) is 3.59. The summed E-state index contributed by atoms with van der Waals surface area (Å²) in [6.45, 7) is 0. The number of carbonyl (C=O) groups excluding carboxylic acids is 2. The van der Waals surface area contributed by atoms with Crippen molar-refractivity contribution in [2.45, 2.75) is 44.9 Å². The molecule has 2 amide bonds. The Labute approximate surface area is 134 Å². The third-order valence-corrected chi connectivity index (χ3v) is 6.63. The molecule has 1 aromatic heterocycles. The number of hydrogen-bond acceptors (Lipinski definition) is 3. The Bertz CT molecular complexity index is 546. The minimum absolute atomic E-state index is 0.0353. The van der Waals surface area contributed by atoms with Crippen LogP contribution in [-0.4, -0.2) is 11.8 Å². The Morgan fingerprint density at radius 3 is 2.27 bits per heavy atom. The largest absolute Gasteiger partial charge is 0.279 e. The fourth-order valence-corrected chi connectivity index (χ4v) is 6.11.